The second-order valence-corrected chi connectivity index (χ2v) is 6.36. The van der Waals surface area contributed by atoms with Gasteiger partial charge in [-0.3, -0.25) is 14.3 Å². The molecule has 0 N–H and O–H groups in total. The highest BCUT2D eigenvalue weighted by Crippen LogP contribution is 2.15. The van der Waals surface area contributed by atoms with Gasteiger partial charge < -0.3 is 9.80 Å². The van der Waals surface area contributed by atoms with Crippen LogP contribution in [0.15, 0.2) is 30.6 Å². The number of amides is 2. The fraction of sp³-hybridized carbons (Fsp3) is 0.389. The molecule has 1 aliphatic rings. The molecule has 126 valence electrons. The summed E-state index contributed by atoms with van der Waals surface area (Å²) in [6, 6.07) is 6.26. The molecule has 0 spiro atoms. The molecule has 6 heteroatoms. The van der Waals surface area contributed by atoms with Gasteiger partial charge in [-0.1, -0.05) is 18.2 Å². The van der Waals surface area contributed by atoms with Crippen molar-refractivity contribution in [3.63, 3.8) is 0 Å². The number of carbonyl (C=O) groups is 2. The van der Waals surface area contributed by atoms with Crippen molar-refractivity contribution < 1.29 is 9.59 Å². The zero-order valence-electron chi connectivity index (χ0n) is 14.3. The Bertz CT molecular complexity index is 781. The Morgan fingerprint density at radius 3 is 2.62 bits per heavy atom. The summed E-state index contributed by atoms with van der Waals surface area (Å²) in [7, 11) is 1.77. The number of piperazine rings is 1. The Morgan fingerprint density at radius 2 is 2.00 bits per heavy atom. The first-order chi connectivity index (χ1) is 11.4. The van der Waals surface area contributed by atoms with E-state index in [0.717, 1.165) is 5.56 Å². The molecule has 0 saturated carbocycles. The smallest absolute Gasteiger partial charge is 0.257 e. The number of nitrogens with zero attached hydrogens (tertiary/aromatic N) is 4. The van der Waals surface area contributed by atoms with E-state index in [2.05, 4.69) is 37.1 Å². The molecule has 1 aromatic carbocycles. The lowest BCUT2D eigenvalue weighted by molar-refractivity contribution is -0.135. The molecule has 1 aromatic heterocycles. The molecule has 1 aliphatic heterocycles. The Morgan fingerprint density at radius 1 is 1.21 bits per heavy atom. The minimum absolute atomic E-state index is 0.0169. The number of hydrogen-bond acceptors (Lipinski definition) is 3. The molecule has 0 unspecified atom stereocenters. The molecule has 0 bridgehead atoms. The van der Waals surface area contributed by atoms with Crippen LogP contribution < -0.4 is 0 Å². The van der Waals surface area contributed by atoms with Crippen LogP contribution >= 0.6 is 0 Å². The molecule has 0 atom stereocenters. The van der Waals surface area contributed by atoms with E-state index in [1.54, 1.807) is 22.8 Å². The van der Waals surface area contributed by atoms with Crippen LogP contribution in [-0.4, -0.2) is 51.0 Å². The van der Waals surface area contributed by atoms with Crippen LogP contribution in [0.25, 0.3) is 0 Å². The van der Waals surface area contributed by atoms with Gasteiger partial charge in [0.05, 0.1) is 11.8 Å². The molecule has 0 aliphatic carbocycles. The average molecular weight is 326 g/mol. The Labute approximate surface area is 141 Å². The van der Waals surface area contributed by atoms with Crippen molar-refractivity contribution in [2.45, 2.75) is 20.4 Å². The Balaban J connectivity index is 1.63. The summed E-state index contributed by atoms with van der Waals surface area (Å²) in [5.41, 5.74) is 4.12. The highest BCUT2D eigenvalue weighted by Gasteiger charge is 2.28. The minimum Gasteiger partial charge on any atom is -0.335 e. The van der Waals surface area contributed by atoms with Gasteiger partial charge in [-0.25, -0.2) is 0 Å². The highest BCUT2D eigenvalue weighted by molar-refractivity contribution is 5.96. The average Bonchev–Trinajstić information content (AvgIpc) is 2.98. The van der Waals surface area contributed by atoms with E-state index in [1.807, 2.05) is 4.90 Å². The van der Waals surface area contributed by atoms with Crippen molar-refractivity contribution in [1.29, 1.82) is 0 Å². The fourth-order valence-electron chi connectivity index (χ4n) is 2.89. The van der Waals surface area contributed by atoms with Crippen LogP contribution in [0, 0.1) is 13.8 Å². The molecule has 2 aromatic rings. The standard InChI is InChI=1S/C18H22N4O2/c1-13-4-5-15(8-14(13)2)10-21-6-7-22(12-17(21)23)18(24)16-9-19-20(3)11-16/h4-5,8-9,11H,6-7,10,12H2,1-3H3. The summed E-state index contributed by atoms with van der Waals surface area (Å²) in [4.78, 5) is 28.2. The molecule has 24 heavy (non-hydrogen) atoms. The van der Waals surface area contributed by atoms with E-state index >= 15 is 0 Å². The molecular formula is C18H22N4O2. The lowest BCUT2D eigenvalue weighted by Gasteiger charge is -2.34. The first kappa shape index (κ1) is 16.2. The molecule has 1 fully saturated rings. The second kappa shape index (κ2) is 6.47. The van der Waals surface area contributed by atoms with E-state index in [0.29, 0.717) is 25.2 Å². The van der Waals surface area contributed by atoms with Crippen LogP contribution in [0.2, 0.25) is 0 Å². The van der Waals surface area contributed by atoms with Crippen LogP contribution in [0.4, 0.5) is 0 Å². The van der Waals surface area contributed by atoms with E-state index in [-0.39, 0.29) is 18.4 Å². The van der Waals surface area contributed by atoms with Gasteiger partial charge in [0.25, 0.3) is 5.91 Å². The van der Waals surface area contributed by atoms with Gasteiger partial charge in [0.1, 0.15) is 6.54 Å². The summed E-state index contributed by atoms with van der Waals surface area (Å²) < 4.78 is 1.59. The van der Waals surface area contributed by atoms with Crippen molar-refractivity contribution in [2.75, 3.05) is 19.6 Å². The normalized spacial score (nSPS) is 15.0. The number of rotatable bonds is 3. The molecule has 2 heterocycles. The number of aromatic nitrogens is 2. The maximum atomic E-state index is 12.4. The van der Waals surface area contributed by atoms with Crippen molar-refractivity contribution in [3.8, 4) is 0 Å². The third-order valence-corrected chi connectivity index (χ3v) is 4.50. The van der Waals surface area contributed by atoms with Crippen molar-refractivity contribution in [3.05, 3.63) is 52.8 Å². The van der Waals surface area contributed by atoms with Crippen LogP contribution in [0.3, 0.4) is 0 Å². The lowest BCUT2D eigenvalue weighted by atomic mass is 10.1. The zero-order valence-corrected chi connectivity index (χ0v) is 14.3. The predicted molar refractivity (Wildman–Crippen MR) is 90.4 cm³/mol. The van der Waals surface area contributed by atoms with Gasteiger partial charge in [-0.2, -0.15) is 5.10 Å². The summed E-state index contributed by atoms with van der Waals surface area (Å²) in [6.45, 7) is 5.97. The van der Waals surface area contributed by atoms with Gasteiger partial charge >= 0.3 is 0 Å². The first-order valence-electron chi connectivity index (χ1n) is 8.06. The van der Waals surface area contributed by atoms with Crippen molar-refractivity contribution in [2.24, 2.45) is 7.05 Å². The monoisotopic (exact) mass is 326 g/mol. The van der Waals surface area contributed by atoms with E-state index in [1.165, 1.54) is 17.3 Å². The first-order valence-corrected chi connectivity index (χ1v) is 8.06. The second-order valence-electron chi connectivity index (χ2n) is 6.36. The summed E-state index contributed by atoms with van der Waals surface area (Å²) in [5, 5.41) is 4.01. The summed E-state index contributed by atoms with van der Waals surface area (Å²) >= 11 is 0. The summed E-state index contributed by atoms with van der Waals surface area (Å²) in [5.74, 6) is -0.154. The number of aryl methyl sites for hydroxylation is 3. The maximum absolute atomic E-state index is 12.4. The fourth-order valence-corrected chi connectivity index (χ4v) is 2.89. The lowest BCUT2D eigenvalue weighted by Crippen LogP contribution is -2.51. The van der Waals surface area contributed by atoms with Crippen LogP contribution in [0.5, 0.6) is 0 Å². The molecule has 2 amide bonds. The molecule has 0 radical (unpaired) electrons. The van der Waals surface area contributed by atoms with E-state index in [4.69, 9.17) is 0 Å². The van der Waals surface area contributed by atoms with Crippen LogP contribution in [-0.2, 0) is 18.4 Å². The third-order valence-electron chi connectivity index (χ3n) is 4.50. The molecular weight excluding hydrogens is 304 g/mol. The number of hydrogen-bond donors (Lipinski definition) is 0. The van der Waals surface area contributed by atoms with Crippen molar-refractivity contribution in [1.82, 2.24) is 19.6 Å². The predicted octanol–water partition coefficient (Wildman–Crippen LogP) is 1.52. The Hall–Kier alpha value is -2.63. The van der Waals surface area contributed by atoms with Gasteiger partial charge in [0.15, 0.2) is 0 Å². The van der Waals surface area contributed by atoms with E-state index < -0.39 is 0 Å². The third kappa shape index (κ3) is 3.32. The quantitative estimate of drug-likeness (QED) is 0.859. The number of benzene rings is 1. The maximum Gasteiger partial charge on any atom is 0.257 e. The minimum atomic E-state index is -0.137. The van der Waals surface area contributed by atoms with Gasteiger partial charge in [-0.15, -0.1) is 0 Å². The molecule has 6 nitrogen and oxygen atoms in total. The topological polar surface area (TPSA) is 58.4 Å². The van der Waals surface area contributed by atoms with Gasteiger partial charge in [0.2, 0.25) is 5.91 Å². The SMILES string of the molecule is Cc1ccc(CN2CCN(C(=O)c3cnn(C)c3)CC2=O)cc1C. The van der Waals surface area contributed by atoms with Gasteiger partial charge in [-0.05, 0) is 30.5 Å². The molecule has 1 saturated heterocycles. The number of carbonyl (C=O) groups excluding carboxylic acids is 2. The van der Waals surface area contributed by atoms with Gasteiger partial charge in [0, 0.05) is 32.9 Å². The summed E-state index contributed by atoms with van der Waals surface area (Å²) in [6.07, 6.45) is 3.21. The molecule has 3 rings (SSSR count). The largest absolute Gasteiger partial charge is 0.335 e. The van der Waals surface area contributed by atoms with Crippen LogP contribution in [0.1, 0.15) is 27.0 Å². The van der Waals surface area contributed by atoms with Crippen molar-refractivity contribution >= 4 is 11.8 Å². The zero-order chi connectivity index (χ0) is 17.3. The van der Waals surface area contributed by atoms with E-state index in [9.17, 15) is 9.59 Å². The highest BCUT2D eigenvalue weighted by atomic mass is 16.2. The Kier molecular flexibility index (Phi) is 4.38.